The van der Waals surface area contributed by atoms with Gasteiger partial charge in [-0.05, 0) is 50.1 Å². The van der Waals surface area contributed by atoms with Crippen LogP contribution in [0.15, 0.2) is 24.3 Å². The molecule has 3 nitrogen and oxygen atoms in total. The summed E-state index contributed by atoms with van der Waals surface area (Å²) < 4.78 is 12.7. The van der Waals surface area contributed by atoms with E-state index in [4.69, 9.17) is 0 Å². The number of hydrogen-bond acceptors (Lipinski definition) is 3. The topological polar surface area (TPSA) is 40.5 Å². The van der Waals surface area contributed by atoms with Gasteiger partial charge in [-0.3, -0.25) is 9.69 Å². The van der Waals surface area contributed by atoms with Gasteiger partial charge in [0.15, 0.2) is 5.78 Å². The van der Waals surface area contributed by atoms with Crippen LogP contribution < -0.4 is 0 Å². The van der Waals surface area contributed by atoms with Gasteiger partial charge in [-0.1, -0.05) is 0 Å². The van der Waals surface area contributed by atoms with E-state index in [0.717, 1.165) is 19.4 Å². The molecule has 0 unspecified atom stereocenters. The number of rotatable bonds is 5. The molecule has 0 heterocycles. The maximum Gasteiger partial charge on any atom is 0.176 e. The summed E-state index contributed by atoms with van der Waals surface area (Å²) in [6.45, 7) is 1.15. The Kier molecular flexibility index (Phi) is 4.09. The first-order chi connectivity index (χ1) is 8.54. The summed E-state index contributed by atoms with van der Waals surface area (Å²) in [5.74, 6) is 0.159. The van der Waals surface area contributed by atoms with Crippen molar-refractivity contribution < 1.29 is 14.3 Å². The lowest BCUT2D eigenvalue weighted by Crippen LogP contribution is -2.38. The zero-order valence-electron chi connectivity index (χ0n) is 10.5. The molecule has 0 bridgehead atoms. The SMILES string of the molecule is CN(CC(=O)c1ccc(F)cc1)CC1CC(O)C1. The molecule has 0 radical (unpaired) electrons. The molecule has 98 valence electrons. The minimum atomic E-state index is -0.330. The van der Waals surface area contributed by atoms with Crippen LogP contribution in [0.25, 0.3) is 0 Å². The summed E-state index contributed by atoms with van der Waals surface area (Å²) in [5.41, 5.74) is 0.539. The third-order valence-corrected chi connectivity index (χ3v) is 3.36. The lowest BCUT2D eigenvalue weighted by molar-refractivity contribution is 0.0286. The third kappa shape index (κ3) is 3.37. The quantitative estimate of drug-likeness (QED) is 0.810. The van der Waals surface area contributed by atoms with Gasteiger partial charge in [0, 0.05) is 12.1 Å². The Bertz CT molecular complexity index is 412. The molecule has 1 N–H and O–H groups in total. The van der Waals surface area contributed by atoms with Crippen molar-refractivity contribution in [1.29, 1.82) is 0 Å². The Morgan fingerprint density at radius 2 is 2.00 bits per heavy atom. The molecule has 0 aliphatic heterocycles. The predicted octanol–water partition coefficient (Wildman–Crippen LogP) is 1.71. The number of carbonyl (C=O) groups is 1. The number of likely N-dealkylation sites (N-methyl/N-ethyl adjacent to an activating group) is 1. The Hall–Kier alpha value is -1.26. The second-order valence-electron chi connectivity index (χ2n) is 5.12. The number of benzene rings is 1. The molecule has 0 atom stereocenters. The molecular formula is C14H18FNO2. The maximum atomic E-state index is 12.7. The number of nitrogens with zero attached hydrogens (tertiary/aromatic N) is 1. The third-order valence-electron chi connectivity index (χ3n) is 3.36. The summed E-state index contributed by atoms with van der Waals surface area (Å²) in [7, 11) is 1.89. The van der Waals surface area contributed by atoms with Crippen LogP contribution >= 0.6 is 0 Å². The molecule has 0 spiro atoms. The molecule has 0 saturated heterocycles. The highest BCUT2D eigenvalue weighted by atomic mass is 19.1. The van der Waals surface area contributed by atoms with Crippen molar-refractivity contribution in [2.75, 3.05) is 20.1 Å². The number of halogens is 1. The van der Waals surface area contributed by atoms with Crippen LogP contribution in [0.4, 0.5) is 4.39 Å². The van der Waals surface area contributed by atoms with E-state index in [1.165, 1.54) is 24.3 Å². The normalized spacial score (nSPS) is 22.9. The van der Waals surface area contributed by atoms with Gasteiger partial charge in [-0.15, -0.1) is 0 Å². The Balaban J connectivity index is 1.81. The average molecular weight is 251 g/mol. The van der Waals surface area contributed by atoms with Gasteiger partial charge in [0.2, 0.25) is 0 Å². The number of ketones is 1. The van der Waals surface area contributed by atoms with Crippen molar-refractivity contribution in [3.05, 3.63) is 35.6 Å². The highest BCUT2D eigenvalue weighted by molar-refractivity contribution is 5.97. The lowest BCUT2D eigenvalue weighted by atomic mass is 9.82. The summed E-state index contributed by atoms with van der Waals surface area (Å²) in [4.78, 5) is 13.9. The van der Waals surface area contributed by atoms with Crippen molar-refractivity contribution in [3.8, 4) is 0 Å². The van der Waals surface area contributed by atoms with Crippen molar-refractivity contribution in [1.82, 2.24) is 4.90 Å². The van der Waals surface area contributed by atoms with Crippen LogP contribution in [-0.4, -0.2) is 42.0 Å². The first-order valence-corrected chi connectivity index (χ1v) is 6.20. The molecule has 1 aliphatic carbocycles. The summed E-state index contributed by atoms with van der Waals surface area (Å²) in [5, 5.41) is 9.20. The number of aliphatic hydroxyl groups is 1. The summed E-state index contributed by atoms with van der Waals surface area (Å²) in [6, 6.07) is 5.63. The zero-order chi connectivity index (χ0) is 13.1. The van der Waals surface area contributed by atoms with Crippen LogP contribution in [0.2, 0.25) is 0 Å². The van der Waals surface area contributed by atoms with Gasteiger partial charge in [-0.2, -0.15) is 0 Å². The number of aliphatic hydroxyl groups excluding tert-OH is 1. The fraction of sp³-hybridized carbons (Fsp3) is 0.500. The fourth-order valence-electron chi connectivity index (χ4n) is 2.33. The van der Waals surface area contributed by atoms with Gasteiger partial charge < -0.3 is 5.11 Å². The summed E-state index contributed by atoms with van der Waals surface area (Å²) >= 11 is 0. The fourth-order valence-corrected chi connectivity index (χ4v) is 2.33. The van der Waals surface area contributed by atoms with Crippen molar-refractivity contribution in [3.63, 3.8) is 0 Å². The van der Waals surface area contributed by atoms with Crippen molar-refractivity contribution in [2.24, 2.45) is 5.92 Å². The van der Waals surface area contributed by atoms with E-state index in [2.05, 4.69) is 0 Å². The van der Waals surface area contributed by atoms with E-state index in [1.807, 2.05) is 11.9 Å². The number of carbonyl (C=O) groups excluding carboxylic acids is 1. The zero-order valence-corrected chi connectivity index (χ0v) is 10.5. The smallest absolute Gasteiger partial charge is 0.176 e. The predicted molar refractivity (Wildman–Crippen MR) is 67.0 cm³/mol. The summed E-state index contributed by atoms with van der Waals surface area (Å²) in [6.07, 6.45) is 1.50. The molecular weight excluding hydrogens is 233 g/mol. The molecule has 0 aromatic heterocycles. The molecule has 1 aliphatic rings. The van der Waals surface area contributed by atoms with Crippen LogP contribution in [0.1, 0.15) is 23.2 Å². The largest absolute Gasteiger partial charge is 0.393 e. The van der Waals surface area contributed by atoms with E-state index in [-0.39, 0.29) is 17.7 Å². The minimum absolute atomic E-state index is 0.00243. The van der Waals surface area contributed by atoms with Gasteiger partial charge in [0.05, 0.1) is 12.6 Å². The van der Waals surface area contributed by atoms with Gasteiger partial charge >= 0.3 is 0 Å². The van der Waals surface area contributed by atoms with Crippen LogP contribution in [0, 0.1) is 11.7 Å². The lowest BCUT2D eigenvalue weighted by Gasteiger charge is -2.34. The Morgan fingerprint density at radius 1 is 1.39 bits per heavy atom. The van der Waals surface area contributed by atoms with E-state index in [0.29, 0.717) is 18.0 Å². The average Bonchev–Trinajstić information content (AvgIpc) is 2.27. The Morgan fingerprint density at radius 3 is 2.56 bits per heavy atom. The molecule has 1 saturated carbocycles. The van der Waals surface area contributed by atoms with Crippen LogP contribution in [0.5, 0.6) is 0 Å². The molecule has 18 heavy (non-hydrogen) atoms. The van der Waals surface area contributed by atoms with Crippen LogP contribution in [-0.2, 0) is 0 Å². The molecule has 0 amide bonds. The van der Waals surface area contributed by atoms with Gasteiger partial charge in [0.25, 0.3) is 0 Å². The number of Topliss-reactive ketones (excluding diaryl/α,β-unsaturated/α-hetero) is 1. The van der Waals surface area contributed by atoms with E-state index >= 15 is 0 Å². The van der Waals surface area contributed by atoms with Gasteiger partial charge in [-0.25, -0.2) is 4.39 Å². The Labute approximate surface area is 106 Å². The monoisotopic (exact) mass is 251 g/mol. The molecule has 1 fully saturated rings. The molecule has 2 rings (SSSR count). The second kappa shape index (κ2) is 5.59. The first-order valence-electron chi connectivity index (χ1n) is 6.20. The van der Waals surface area contributed by atoms with E-state index in [9.17, 15) is 14.3 Å². The van der Waals surface area contributed by atoms with Crippen molar-refractivity contribution >= 4 is 5.78 Å². The standard InChI is InChI=1S/C14H18FNO2/c1-16(8-10-6-13(17)7-10)9-14(18)11-2-4-12(15)5-3-11/h2-5,10,13,17H,6-9H2,1H3. The second-order valence-corrected chi connectivity index (χ2v) is 5.12. The number of hydrogen-bond donors (Lipinski definition) is 1. The van der Waals surface area contributed by atoms with E-state index in [1.54, 1.807) is 0 Å². The first kappa shape index (κ1) is 13.2. The highest BCUT2D eigenvalue weighted by Gasteiger charge is 2.28. The molecule has 1 aromatic carbocycles. The minimum Gasteiger partial charge on any atom is -0.393 e. The van der Waals surface area contributed by atoms with Crippen molar-refractivity contribution in [2.45, 2.75) is 18.9 Å². The maximum absolute atomic E-state index is 12.7. The molecule has 1 aromatic rings. The van der Waals surface area contributed by atoms with E-state index < -0.39 is 0 Å². The van der Waals surface area contributed by atoms with Gasteiger partial charge in [0.1, 0.15) is 5.82 Å². The molecule has 4 heteroatoms. The highest BCUT2D eigenvalue weighted by Crippen LogP contribution is 2.27. The van der Waals surface area contributed by atoms with Crippen LogP contribution in [0.3, 0.4) is 0 Å².